The van der Waals surface area contributed by atoms with Crippen LogP contribution >= 0.6 is 0 Å². The van der Waals surface area contributed by atoms with Gasteiger partial charge in [-0.05, 0) is 6.42 Å². The lowest BCUT2D eigenvalue weighted by molar-refractivity contribution is -0.141. The van der Waals surface area contributed by atoms with Crippen molar-refractivity contribution in [3.63, 3.8) is 0 Å². The summed E-state index contributed by atoms with van der Waals surface area (Å²) < 4.78 is 0. The molecule has 1 saturated heterocycles. The molecule has 0 aromatic rings. The smallest absolute Gasteiger partial charge is 0.321 e. The third-order valence-corrected chi connectivity index (χ3v) is 1.61. The Kier molecular flexibility index (Phi) is 2.24. The largest absolute Gasteiger partial charge is 0.480 e. The number of hydrogen-bond acceptors (Lipinski definition) is 3. The molecule has 0 radical (unpaired) electrons. The average Bonchev–Trinajstić information content (AvgIpc) is 2.63. The van der Waals surface area contributed by atoms with Gasteiger partial charge in [-0.2, -0.15) is 0 Å². The molecule has 58 valence electrons. The SMILES string of the molecule is O=C(O)C(CCO)N1CC1. The van der Waals surface area contributed by atoms with Crippen molar-refractivity contribution in [2.75, 3.05) is 19.7 Å². The van der Waals surface area contributed by atoms with Crippen LogP contribution in [-0.2, 0) is 4.79 Å². The van der Waals surface area contributed by atoms with Crippen molar-refractivity contribution in [3.8, 4) is 0 Å². The van der Waals surface area contributed by atoms with Gasteiger partial charge in [0.1, 0.15) is 6.04 Å². The molecule has 0 bridgehead atoms. The minimum atomic E-state index is -0.827. The van der Waals surface area contributed by atoms with E-state index in [-0.39, 0.29) is 6.61 Å². The second kappa shape index (κ2) is 2.98. The monoisotopic (exact) mass is 145 g/mol. The second-order valence-corrected chi connectivity index (χ2v) is 2.40. The van der Waals surface area contributed by atoms with E-state index in [1.54, 1.807) is 0 Å². The summed E-state index contributed by atoms with van der Waals surface area (Å²) >= 11 is 0. The summed E-state index contributed by atoms with van der Waals surface area (Å²) in [5.41, 5.74) is 0. The lowest BCUT2D eigenvalue weighted by atomic mass is 10.2. The molecule has 4 heteroatoms. The predicted molar refractivity (Wildman–Crippen MR) is 34.7 cm³/mol. The summed E-state index contributed by atoms with van der Waals surface area (Å²) in [7, 11) is 0. The van der Waals surface area contributed by atoms with Crippen LogP contribution in [0.4, 0.5) is 0 Å². The molecule has 0 spiro atoms. The summed E-state index contributed by atoms with van der Waals surface area (Å²) in [5.74, 6) is -0.827. The zero-order chi connectivity index (χ0) is 7.56. The van der Waals surface area contributed by atoms with Crippen molar-refractivity contribution < 1.29 is 15.0 Å². The summed E-state index contributed by atoms with van der Waals surface area (Å²) in [6, 6.07) is -0.454. The third-order valence-electron chi connectivity index (χ3n) is 1.61. The fourth-order valence-corrected chi connectivity index (χ4v) is 0.954. The first-order valence-electron chi connectivity index (χ1n) is 3.33. The highest BCUT2D eigenvalue weighted by Gasteiger charge is 2.32. The summed E-state index contributed by atoms with van der Waals surface area (Å²) in [6.07, 6.45) is 0.343. The summed E-state index contributed by atoms with van der Waals surface area (Å²) in [4.78, 5) is 12.2. The quantitative estimate of drug-likeness (QED) is 0.505. The Balaban J connectivity index is 2.34. The van der Waals surface area contributed by atoms with Crippen LogP contribution in [0.25, 0.3) is 0 Å². The molecular formula is C6H11NO3. The van der Waals surface area contributed by atoms with Crippen LogP contribution in [-0.4, -0.2) is 46.8 Å². The first-order chi connectivity index (χ1) is 4.75. The summed E-state index contributed by atoms with van der Waals surface area (Å²) in [5, 5.41) is 17.0. The van der Waals surface area contributed by atoms with E-state index < -0.39 is 12.0 Å². The van der Waals surface area contributed by atoms with Crippen LogP contribution in [0.1, 0.15) is 6.42 Å². The lowest BCUT2D eigenvalue weighted by Crippen LogP contribution is -2.29. The molecule has 4 nitrogen and oxygen atoms in total. The van der Waals surface area contributed by atoms with Gasteiger partial charge in [0.25, 0.3) is 0 Å². The number of aliphatic hydroxyl groups is 1. The summed E-state index contributed by atoms with van der Waals surface area (Å²) in [6.45, 7) is 1.67. The van der Waals surface area contributed by atoms with Gasteiger partial charge in [-0.1, -0.05) is 0 Å². The molecule has 1 unspecified atom stereocenters. The molecule has 10 heavy (non-hydrogen) atoms. The fraction of sp³-hybridized carbons (Fsp3) is 0.833. The van der Waals surface area contributed by atoms with E-state index in [1.165, 1.54) is 0 Å². The first kappa shape index (κ1) is 7.50. The van der Waals surface area contributed by atoms with Crippen LogP contribution in [0.3, 0.4) is 0 Å². The maximum atomic E-state index is 10.4. The van der Waals surface area contributed by atoms with Gasteiger partial charge < -0.3 is 10.2 Å². The Morgan fingerprint density at radius 3 is 2.50 bits per heavy atom. The van der Waals surface area contributed by atoms with Crippen LogP contribution < -0.4 is 0 Å². The molecule has 1 aliphatic heterocycles. The van der Waals surface area contributed by atoms with E-state index in [0.717, 1.165) is 13.1 Å². The number of carboxylic acids is 1. The van der Waals surface area contributed by atoms with Gasteiger partial charge in [-0.15, -0.1) is 0 Å². The number of aliphatic carboxylic acids is 1. The first-order valence-corrected chi connectivity index (χ1v) is 3.33. The van der Waals surface area contributed by atoms with Gasteiger partial charge >= 0.3 is 5.97 Å². The highest BCUT2D eigenvalue weighted by molar-refractivity contribution is 5.73. The van der Waals surface area contributed by atoms with Gasteiger partial charge in [0.2, 0.25) is 0 Å². The van der Waals surface area contributed by atoms with Crippen molar-refractivity contribution in [1.82, 2.24) is 4.90 Å². The van der Waals surface area contributed by atoms with Gasteiger partial charge in [0, 0.05) is 19.7 Å². The molecule has 1 rings (SSSR count). The molecule has 1 aliphatic rings. The Labute approximate surface area is 59.1 Å². The van der Waals surface area contributed by atoms with E-state index in [4.69, 9.17) is 10.2 Å². The normalized spacial score (nSPS) is 20.5. The van der Waals surface area contributed by atoms with E-state index in [1.807, 2.05) is 4.90 Å². The van der Waals surface area contributed by atoms with Crippen LogP contribution in [0, 0.1) is 0 Å². The predicted octanol–water partition coefficient (Wildman–Crippen LogP) is -0.862. The molecule has 1 atom stereocenters. The zero-order valence-electron chi connectivity index (χ0n) is 5.66. The fourth-order valence-electron chi connectivity index (χ4n) is 0.954. The van der Waals surface area contributed by atoms with Crippen molar-refractivity contribution in [3.05, 3.63) is 0 Å². The number of rotatable bonds is 4. The van der Waals surface area contributed by atoms with E-state index in [2.05, 4.69) is 0 Å². The van der Waals surface area contributed by atoms with E-state index in [9.17, 15) is 4.79 Å². The van der Waals surface area contributed by atoms with E-state index in [0.29, 0.717) is 6.42 Å². The molecule has 0 amide bonds. The number of carboxylic acid groups (broad SMARTS) is 1. The van der Waals surface area contributed by atoms with Gasteiger partial charge in [0.15, 0.2) is 0 Å². The van der Waals surface area contributed by atoms with Crippen molar-refractivity contribution in [2.45, 2.75) is 12.5 Å². The highest BCUT2D eigenvalue weighted by atomic mass is 16.4. The minimum Gasteiger partial charge on any atom is -0.480 e. The standard InChI is InChI=1S/C6H11NO3/c8-4-1-5(6(9)10)7-2-3-7/h5,8H,1-4H2,(H,9,10). The Bertz CT molecular complexity index is 133. The topological polar surface area (TPSA) is 60.5 Å². The average molecular weight is 145 g/mol. The number of hydrogen-bond donors (Lipinski definition) is 2. The molecule has 1 fully saturated rings. The maximum Gasteiger partial charge on any atom is 0.321 e. The number of carbonyl (C=O) groups is 1. The second-order valence-electron chi connectivity index (χ2n) is 2.40. The van der Waals surface area contributed by atoms with E-state index >= 15 is 0 Å². The molecule has 0 aliphatic carbocycles. The van der Waals surface area contributed by atoms with Gasteiger partial charge in [-0.3, -0.25) is 9.69 Å². The minimum absolute atomic E-state index is 0.0481. The molecule has 0 aromatic carbocycles. The molecule has 2 N–H and O–H groups in total. The Morgan fingerprint density at radius 1 is 1.60 bits per heavy atom. The molecular weight excluding hydrogens is 134 g/mol. The van der Waals surface area contributed by atoms with Crippen LogP contribution in [0.2, 0.25) is 0 Å². The van der Waals surface area contributed by atoms with Crippen LogP contribution in [0.15, 0.2) is 0 Å². The Morgan fingerprint density at radius 2 is 2.20 bits per heavy atom. The van der Waals surface area contributed by atoms with Gasteiger partial charge in [0.05, 0.1) is 0 Å². The lowest BCUT2D eigenvalue weighted by Gasteiger charge is -2.09. The maximum absolute atomic E-state index is 10.4. The van der Waals surface area contributed by atoms with Crippen molar-refractivity contribution >= 4 is 5.97 Å². The molecule has 0 saturated carbocycles. The number of aliphatic hydroxyl groups excluding tert-OH is 1. The molecule has 1 heterocycles. The third kappa shape index (κ3) is 1.68. The number of nitrogens with zero attached hydrogens (tertiary/aromatic N) is 1. The zero-order valence-corrected chi connectivity index (χ0v) is 5.66. The van der Waals surface area contributed by atoms with Gasteiger partial charge in [-0.25, -0.2) is 0 Å². The molecule has 0 aromatic heterocycles. The van der Waals surface area contributed by atoms with Crippen LogP contribution in [0.5, 0.6) is 0 Å². The Hall–Kier alpha value is -0.610. The van der Waals surface area contributed by atoms with Crippen molar-refractivity contribution in [2.24, 2.45) is 0 Å². The highest BCUT2D eigenvalue weighted by Crippen LogP contribution is 2.13. The van der Waals surface area contributed by atoms with Crippen molar-refractivity contribution in [1.29, 1.82) is 0 Å².